The number of nitrogens with zero attached hydrogens (tertiary/aromatic N) is 5. The molecule has 1 aromatic carbocycles. The maximum atomic E-state index is 12.9. The number of nitro benzene ring substituents is 1. The summed E-state index contributed by atoms with van der Waals surface area (Å²) in [7, 11) is -3.84. The van der Waals surface area contributed by atoms with Crippen molar-refractivity contribution in [1.82, 2.24) is 9.29 Å². The number of hydrogen-bond acceptors (Lipinski definition) is 7. The van der Waals surface area contributed by atoms with E-state index in [0.29, 0.717) is 24.5 Å². The Labute approximate surface area is 163 Å². The topological polar surface area (TPSA) is 120 Å². The third kappa shape index (κ3) is 3.67. The summed E-state index contributed by atoms with van der Waals surface area (Å²) in [5.74, 6) is 0.562. The Kier molecular flexibility index (Phi) is 5.31. The molecule has 0 spiro atoms. The molecule has 0 bridgehead atoms. The lowest BCUT2D eigenvalue weighted by molar-refractivity contribution is -0.385. The van der Waals surface area contributed by atoms with Gasteiger partial charge in [0, 0.05) is 44.0 Å². The monoisotopic (exact) mass is 401 g/mol. The van der Waals surface area contributed by atoms with Gasteiger partial charge < -0.3 is 4.90 Å². The van der Waals surface area contributed by atoms with Crippen molar-refractivity contribution in [2.24, 2.45) is 0 Å². The van der Waals surface area contributed by atoms with Crippen LogP contribution in [0.15, 0.2) is 35.2 Å². The minimum absolute atomic E-state index is 0.0996. The van der Waals surface area contributed by atoms with Crippen LogP contribution in [-0.4, -0.2) is 48.8 Å². The molecule has 1 fully saturated rings. The summed E-state index contributed by atoms with van der Waals surface area (Å²) in [6.45, 7) is 4.84. The zero-order chi connectivity index (χ0) is 20.5. The first-order valence-corrected chi connectivity index (χ1v) is 10.1. The van der Waals surface area contributed by atoms with Crippen LogP contribution < -0.4 is 4.90 Å². The number of anilines is 1. The van der Waals surface area contributed by atoms with Crippen LogP contribution in [-0.2, 0) is 10.0 Å². The fraction of sp³-hybridized carbons (Fsp3) is 0.333. The van der Waals surface area contributed by atoms with E-state index in [1.807, 2.05) is 24.8 Å². The molecule has 3 rings (SSSR count). The van der Waals surface area contributed by atoms with Crippen LogP contribution in [0.4, 0.5) is 11.5 Å². The van der Waals surface area contributed by atoms with Gasteiger partial charge in [0.2, 0.25) is 10.0 Å². The van der Waals surface area contributed by atoms with Crippen LogP contribution in [0.5, 0.6) is 0 Å². The van der Waals surface area contributed by atoms with Gasteiger partial charge in [0.05, 0.1) is 15.4 Å². The van der Waals surface area contributed by atoms with Crippen LogP contribution in [0, 0.1) is 35.3 Å². The van der Waals surface area contributed by atoms with E-state index in [9.17, 15) is 23.8 Å². The van der Waals surface area contributed by atoms with Crippen LogP contribution in [0.3, 0.4) is 0 Å². The molecule has 10 heteroatoms. The molecule has 2 aromatic rings. The van der Waals surface area contributed by atoms with Crippen LogP contribution in [0.25, 0.3) is 0 Å². The van der Waals surface area contributed by atoms with Crippen molar-refractivity contribution in [2.45, 2.75) is 18.7 Å². The van der Waals surface area contributed by atoms with Crippen molar-refractivity contribution >= 4 is 21.5 Å². The normalized spacial score (nSPS) is 15.2. The third-order valence-corrected chi connectivity index (χ3v) is 6.54. The highest BCUT2D eigenvalue weighted by atomic mass is 32.2. The van der Waals surface area contributed by atoms with E-state index in [1.54, 1.807) is 0 Å². The Balaban J connectivity index is 1.82. The van der Waals surface area contributed by atoms with Gasteiger partial charge >= 0.3 is 0 Å². The average Bonchev–Trinajstić information content (AvgIpc) is 2.67. The Hall–Kier alpha value is -3.03. The second-order valence-electron chi connectivity index (χ2n) is 6.54. The Morgan fingerprint density at radius 1 is 1.18 bits per heavy atom. The molecule has 0 radical (unpaired) electrons. The first-order valence-electron chi connectivity index (χ1n) is 8.62. The van der Waals surface area contributed by atoms with Crippen LogP contribution in [0.2, 0.25) is 0 Å². The number of aryl methyl sites for hydroxylation is 2. The summed E-state index contributed by atoms with van der Waals surface area (Å²) < 4.78 is 27.0. The minimum Gasteiger partial charge on any atom is -0.353 e. The molecule has 0 N–H and O–H groups in total. The first kappa shape index (κ1) is 19.7. The molecular formula is C18H19N5O4S. The lowest BCUT2D eigenvalue weighted by atomic mass is 10.1. The average molecular weight is 401 g/mol. The third-order valence-electron chi connectivity index (χ3n) is 4.64. The lowest BCUT2D eigenvalue weighted by Gasteiger charge is -2.35. The van der Waals surface area contributed by atoms with Gasteiger partial charge in [-0.05, 0) is 31.5 Å². The minimum atomic E-state index is -3.84. The summed E-state index contributed by atoms with van der Waals surface area (Å²) in [4.78, 5) is 16.6. The summed E-state index contributed by atoms with van der Waals surface area (Å²) in [5.41, 5.74) is 1.84. The number of nitriles is 1. The molecule has 0 saturated carbocycles. The molecule has 0 amide bonds. The largest absolute Gasteiger partial charge is 0.353 e. The van der Waals surface area contributed by atoms with Crippen molar-refractivity contribution in [3.05, 3.63) is 57.3 Å². The van der Waals surface area contributed by atoms with E-state index in [4.69, 9.17) is 0 Å². The summed E-state index contributed by atoms with van der Waals surface area (Å²) in [6.07, 6.45) is 0. The van der Waals surface area contributed by atoms with Crippen molar-refractivity contribution in [2.75, 3.05) is 31.1 Å². The van der Waals surface area contributed by atoms with Crippen molar-refractivity contribution in [1.29, 1.82) is 5.26 Å². The number of benzene rings is 1. The first-order chi connectivity index (χ1) is 13.2. The predicted octanol–water partition coefficient (Wildman–Crippen LogP) is 1.99. The number of aromatic nitrogens is 1. The lowest BCUT2D eigenvalue weighted by Crippen LogP contribution is -2.49. The predicted molar refractivity (Wildman–Crippen MR) is 102 cm³/mol. The van der Waals surface area contributed by atoms with E-state index in [1.165, 1.54) is 22.5 Å². The van der Waals surface area contributed by atoms with Gasteiger partial charge in [-0.15, -0.1) is 0 Å². The molecule has 146 valence electrons. The molecule has 0 aliphatic carbocycles. The van der Waals surface area contributed by atoms with Crippen LogP contribution in [0.1, 0.15) is 16.8 Å². The quantitative estimate of drug-likeness (QED) is 0.567. The van der Waals surface area contributed by atoms with E-state index in [-0.39, 0.29) is 23.7 Å². The Morgan fingerprint density at radius 2 is 1.86 bits per heavy atom. The molecule has 1 aliphatic rings. The number of hydrogen-bond donors (Lipinski definition) is 0. The van der Waals surface area contributed by atoms with Crippen LogP contribution >= 0.6 is 0 Å². The highest BCUT2D eigenvalue weighted by Crippen LogP contribution is 2.26. The van der Waals surface area contributed by atoms with Crippen molar-refractivity contribution in [3.63, 3.8) is 0 Å². The molecule has 28 heavy (non-hydrogen) atoms. The van der Waals surface area contributed by atoms with Crippen molar-refractivity contribution in [3.8, 4) is 6.07 Å². The fourth-order valence-electron chi connectivity index (χ4n) is 3.23. The molecule has 9 nitrogen and oxygen atoms in total. The highest BCUT2D eigenvalue weighted by Gasteiger charge is 2.30. The smallest absolute Gasteiger partial charge is 0.270 e. The van der Waals surface area contributed by atoms with Gasteiger partial charge in [0.25, 0.3) is 5.69 Å². The van der Waals surface area contributed by atoms with Gasteiger partial charge in [0.15, 0.2) is 0 Å². The van der Waals surface area contributed by atoms with Gasteiger partial charge in [-0.2, -0.15) is 9.57 Å². The molecule has 1 saturated heterocycles. The number of non-ortho nitro benzene ring substituents is 1. The standard InChI is InChI=1S/C18H19N5O4S/c1-13-10-14(2)20-18(17(13)12-19)21-6-8-22(9-7-21)28(26,27)16-5-3-4-15(11-16)23(24)25/h3-5,10-11H,6-9H2,1-2H3. The zero-order valence-corrected chi connectivity index (χ0v) is 16.3. The fourth-order valence-corrected chi connectivity index (χ4v) is 4.69. The van der Waals surface area contributed by atoms with Gasteiger partial charge in [0.1, 0.15) is 11.9 Å². The van der Waals surface area contributed by atoms with Gasteiger partial charge in [-0.25, -0.2) is 13.4 Å². The van der Waals surface area contributed by atoms with Gasteiger partial charge in [-0.1, -0.05) is 6.07 Å². The summed E-state index contributed by atoms with van der Waals surface area (Å²) >= 11 is 0. The van der Waals surface area contributed by atoms with E-state index >= 15 is 0 Å². The molecule has 0 unspecified atom stereocenters. The number of nitro groups is 1. The van der Waals surface area contributed by atoms with E-state index in [2.05, 4.69) is 11.1 Å². The Bertz CT molecular complexity index is 1070. The molecule has 2 heterocycles. The molecule has 1 aliphatic heterocycles. The number of piperazine rings is 1. The zero-order valence-electron chi connectivity index (χ0n) is 15.5. The number of rotatable bonds is 4. The van der Waals surface area contributed by atoms with E-state index in [0.717, 1.165) is 17.3 Å². The number of pyridine rings is 1. The van der Waals surface area contributed by atoms with Gasteiger partial charge in [-0.3, -0.25) is 10.1 Å². The van der Waals surface area contributed by atoms with E-state index < -0.39 is 14.9 Å². The summed E-state index contributed by atoms with van der Waals surface area (Å²) in [5, 5.41) is 20.4. The maximum Gasteiger partial charge on any atom is 0.270 e. The summed E-state index contributed by atoms with van der Waals surface area (Å²) in [6, 6.07) is 9.05. The Morgan fingerprint density at radius 3 is 2.46 bits per heavy atom. The van der Waals surface area contributed by atoms with Crippen molar-refractivity contribution < 1.29 is 13.3 Å². The SMILES string of the molecule is Cc1cc(C)c(C#N)c(N2CCN(S(=O)(=O)c3cccc([N+](=O)[O-])c3)CC2)n1. The second kappa shape index (κ2) is 7.53. The molecule has 0 atom stereocenters. The number of sulfonamides is 1. The highest BCUT2D eigenvalue weighted by molar-refractivity contribution is 7.89. The molecular weight excluding hydrogens is 382 g/mol. The second-order valence-corrected chi connectivity index (χ2v) is 8.47. The molecule has 1 aromatic heterocycles. The maximum absolute atomic E-state index is 12.9.